The van der Waals surface area contributed by atoms with Crippen LogP contribution in [0.15, 0.2) is 12.1 Å². The molecule has 0 fully saturated rings. The van der Waals surface area contributed by atoms with Crippen LogP contribution in [0.4, 0.5) is 4.39 Å². The van der Waals surface area contributed by atoms with Crippen molar-refractivity contribution in [2.45, 2.75) is 32.7 Å². The Morgan fingerprint density at radius 2 is 1.90 bits per heavy atom. The van der Waals surface area contributed by atoms with Crippen molar-refractivity contribution in [3.05, 3.63) is 39.4 Å². The van der Waals surface area contributed by atoms with E-state index in [4.69, 9.17) is 28.9 Å². The van der Waals surface area contributed by atoms with Crippen LogP contribution in [0, 0.1) is 5.82 Å². The molecule has 0 saturated carbocycles. The molecule has 0 spiro atoms. The molecule has 0 aliphatic rings. The van der Waals surface area contributed by atoms with Crippen molar-refractivity contribution in [1.29, 1.82) is 0 Å². The van der Waals surface area contributed by atoms with Crippen LogP contribution < -0.4 is 5.73 Å². The number of nitrogens with two attached hydrogens (primary N) is 1. The Hall–Kier alpha value is -1.17. The number of hydrogen-bond acceptors (Lipinski definition) is 3. The van der Waals surface area contributed by atoms with Gasteiger partial charge in [0.2, 0.25) is 0 Å². The third kappa shape index (κ3) is 2.66. The van der Waals surface area contributed by atoms with Crippen LogP contribution in [0.3, 0.4) is 0 Å². The van der Waals surface area contributed by atoms with E-state index in [9.17, 15) is 4.39 Å². The smallest absolute Gasteiger partial charge is 0.160 e. The summed E-state index contributed by atoms with van der Waals surface area (Å²) in [5, 5.41) is 8.11. The zero-order valence-electron chi connectivity index (χ0n) is 11.2. The number of halogens is 3. The third-order valence-corrected chi connectivity index (χ3v) is 3.68. The van der Waals surface area contributed by atoms with Crippen LogP contribution in [0.25, 0.3) is 5.69 Å². The second kappa shape index (κ2) is 6.08. The van der Waals surface area contributed by atoms with E-state index in [-0.39, 0.29) is 16.1 Å². The van der Waals surface area contributed by atoms with Gasteiger partial charge in [0.25, 0.3) is 0 Å². The van der Waals surface area contributed by atoms with Gasteiger partial charge in [0.05, 0.1) is 27.5 Å². The number of benzene rings is 1. The first-order valence-electron chi connectivity index (χ1n) is 6.34. The van der Waals surface area contributed by atoms with Crippen molar-refractivity contribution in [1.82, 2.24) is 15.0 Å². The first-order valence-corrected chi connectivity index (χ1v) is 7.10. The summed E-state index contributed by atoms with van der Waals surface area (Å²) in [6.07, 6.45) is 1.46. The highest BCUT2D eigenvalue weighted by Crippen LogP contribution is 2.28. The van der Waals surface area contributed by atoms with E-state index in [0.29, 0.717) is 12.1 Å². The van der Waals surface area contributed by atoms with Crippen LogP contribution in [0.1, 0.15) is 37.7 Å². The van der Waals surface area contributed by atoms with E-state index < -0.39 is 5.82 Å². The van der Waals surface area contributed by atoms with Gasteiger partial charge in [-0.05, 0) is 25.0 Å². The number of nitrogens with zero attached hydrogens (tertiary/aromatic N) is 3. The van der Waals surface area contributed by atoms with Crippen molar-refractivity contribution in [3.8, 4) is 5.69 Å². The predicted molar refractivity (Wildman–Crippen MR) is 77.9 cm³/mol. The van der Waals surface area contributed by atoms with Crippen molar-refractivity contribution in [2.75, 3.05) is 0 Å². The van der Waals surface area contributed by atoms with Gasteiger partial charge >= 0.3 is 0 Å². The summed E-state index contributed by atoms with van der Waals surface area (Å²) < 4.78 is 15.1. The fraction of sp³-hybridized carbons (Fsp3) is 0.385. The summed E-state index contributed by atoms with van der Waals surface area (Å²) in [5.74, 6) is -0.638. The molecule has 1 aromatic heterocycles. The van der Waals surface area contributed by atoms with Gasteiger partial charge in [0, 0.05) is 0 Å². The average molecular weight is 317 g/mol. The molecule has 1 aromatic carbocycles. The summed E-state index contributed by atoms with van der Waals surface area (Å²) in [7, 11) is 0. The van der Waals surface area contributed by atoms with Gasteiger partial charge in [-0.25, -0.2) is 9.07 Å². The minimum absolute atomic E-state index is 0.0496. The molecule has 2 aromatic rings. The monoisotopic (exact) mass is 316 g/mol. The highest BCUT2D eigenvalue weighted by atomic mass is 35.5. The lowest BCUT2D eigenvalue weighted by atomic mass is 10.1. The SMILES string of the molecule is CCc1c(C(N)CC)nnn1-c1cc(Cl)c(F)c(Cl)c1. The van der Waals surface area contributed by atoms with Gasteiger partial charge in [0.15, 0.2) is 5.82 Å². The van der Waals surface area contributed by atoms with Crippen LogP contribution >= 0.6 is 23.2 Å². The summed E-state index contributed by atoms with van der Waals surface area (Å²) in [5.41, 5.74) is 8.20. The van der Waals surface area contributed by atoms with Gasteiger partial charge in [-0.1, -0.05) is 42.3 Å². The Bertz CT molecular complexity index is 604. The standard InChI is InChI=1S/C13H15Cl2FN4/c1-3-10(17)13-11(4-2)20(19-18-13)7-5-8(14)12(16)9(15)6-7/h5-6,10H,3-4,17H2,1-2H3. The molecule has 2 N–H and O–H groups in total. The molecule has 0 radical (unpaired) electrons. The normalized spacial score (nSPS) is 12.7. The van der Waals surface area contributed by atoms with Crippen LogP contribution in [0.5, 0.6) is 0 Å². The molecule has 1 atom stereocenters. The van der Waals surface area contributed by atoms with E-state index in [1.54, 1.807) is 4.68 Å². The van der Waals surface area contributed by atoms with Crippen LogP contribution in [-0.2, 0) is 6.42 Å². The van der Waals surface area contributed by atoms with Gasteiger partial charge in [-0.3, -0.25) is 0 Å². The Morgan fingerprint density at radius 3 is 2.40 bits per heavy atom. The second-order valence-corrected chi connectivity index (χ2v) is 5.24. The molecular formula is C13H15Cl2FN4. The lowest BCUT2D eigenvalue weighted by Gasteiger charge is -2.10. The Kier molecular flexibility index (Phi) is 4.62. The fourth-order valence-corrected chi connectivity index (χ4v) is 2.47. The largest absolute Gasteiger partial charge is 0.323 e. The predicted octanol–water partition coefficient (Wildman–Crippen LogP) is 3.69. The molecule has 20 heavy (non-hydrogen) atoms. The molecule has 2 rings (SSSR count). The molecule has 0 saturated heterocycles. The van der Waals surface area contributed by atoms with Gasteiger partial charge < -0.3 is 5.73 Å². The molecule has 1 unspecified atom stereocenters. The van der Waals surface area contributed by atoms with Gasteiger partial charge in [-0.2, -0.15) is 0 Å². The molecule has 0 bridgehead atoms. The van der Waals surface area contributed by atoms with Crippen molar-refractivity contribution < 1.29 is 4.39 Å². The summed E-state index contributed by atoms with van der Waals surface area (Å²) in [6.45, 7) is 3.96. The number of rotatable bonds is 4. The van der Waals surface area contributed by atoms with Gasteiger partial charge in [0.1, 0.15) is 5.69 Å². The highest BCUT2D eigenvalue weighted by molar-refractivity contribution is 6.35. The fourth-order valence-electron chi connectivity index (χ4n) is 2.00. The zero-order valence-corrected chi connectivity index (χ0v) is 12.7. The topological polar surface area (TPSA) is 56.7 Å². The van der Waals surface area contributed by atoms with E-state index in [2.05, 4.69) is 10.3 Å². The van der Waals surface area contributed by atoms with E-state index in [0.717, 1.165) is 17.8 Å². The van der Waals surface area contributed by atoms with Crippen molar-refractivity contribution in [3.63, 3.8) is 0 Å². The molecule has 0 aliphatic heterocycles. The zero-order chi connectivity index (χ0) is 14.9. The minimum atomic E-state index is -0.638. The maximum Gasteiger partial charge on any atom is 0.160 e. The van der Waals surface area contributed by atoms with Crippen LogP contribution in [0.2, 0.25) is 10.0 Å². The summed E-state index contributed by atoms with van der Waals surface area (Å²) in [6, 6.07) is 2.76. The van der Waals surface area contributed by atoms with Crippen molar-refractivity contribution in [2.24, 2.45) is 5.73 Å². The quantitative estimate of drug-likeness (QED) is 0.875. The molecular weight excluding hydrogens is 302 g/mol. The molecule has 4 nitrogen and oxygen atoms in total. The Balaban J connectivity index is 2.56. The molecule has 1 heterocycles. The molecule has 108 valence electrons. The van der Waals surface area contributed by atoms with E-state index >= 15 is 0 Å². The molecule has 7 heteroatoms. The third-order valence-electron chi connectivity index (χ3n) is 3.13. The number of hydrogen-bond donors (Lipinski definition) is 1. The van der Waals surface area contributed by atoms with E-state index in [1.807, 2.05) is 13.8 Å². The average Bonchev–Trinajstić information content (AvgIpc) is 2.87. The van der Waals surface area contributed by atoms with Gasteiger partial charge in [-0.15, -0.1) is 5.10 Å². The Labute approximate surface area is 126 Å². The lowest BCUT2D eigenvalue weighted by molar-refractivity contribution is 0.627. The minimum Gasteiger partial charge on any atom is -0.323 e. The molecule has 0 amide bonds. The first kappa shape index (κ1) is 15.2. The van der Waals surface area contributed by atoms with Crippen LogP contribution in [-0.4, -0.2) is 15.0 Å². The van der Waals surface area contributed by atoms with E-state index in [1.165, 1.54) is 12.1 Å². The number of aromatic nitrogens is 3. The summed E-state index contributed by atoms with van der Waals surface area (Å²) >= 11 is 11.6. The van der Waals surface area contributed by atoms with Crippen molar-refractivity contribution >= 4 is 23.2 Å². The lowest BCUT2D eigenvalue weighted by Crippen LogP contribution is -2.12. The highest BCUT2D eigenvalue weighted by Gasteiger charge is 2.18. The summed E-state index contributed by atoms with van der Waals surface area (Å²) in [4.78, 5) is 0. The maximum atomic E-state index is 13.5. The second-order valence-electron chi connectivity index (χ2n) is 4.42. The first-order chi connectivity index (χ1) is 9.49. The maximum absolute atomic E-state index is 13.5. The molecule has 0 aliphatic carbocycles. The Morgan fingerprint density at radius 1 is 1.30 bits per heavy atom.